The maximum absolute atomic E-state index is 13.2. The van der Waals surface area contributed by atoms with Crippen LogP contribution in [0.25, 0.3) is 0 Å². The quantitative estimate of drug-likeness (QED) is 0.611. The average molecular weight is 349 g/mol. The van der Waals surface area contributed by atoms with E-state index in [1.807, 2.05) is 0 Å². The van der Waals surface area contributed by atoms with Crippen LogP contribution in [-0.2, 0) is 0 Å². The second-order valence-corrected chi connectivity index (χ2v) is 6.19. The highest BCUT2D eigenvalue weighted by Gasteiger charge is 2.28. The van der Waals surface area contributed by atoms with E-state index in [1.165, 1.54) is 12.1 Å². The van der Waals surface area contributed by atoms with E-state index in [1.54, 1.807) is 6.07 Å². The minimum absolute atomic E-state index is 0.0817. The number of ether oxygens (including phenoxy) is 1. The molecule has 108 valence electrons. The summed E-state index contributed by atoms with van der Waals surface area (Å²) in [7, 11) is 0. The SMILES string of the molecule is CCCC(CS)(CCC)COc1cc(F)ccc1Br. The number of hydrogen-bond donors (Lipinski definition) is 1. The molecule has 0 radical (unpaired) electrons. The summed E-state index contributed by atoms with van der Waals surface area (Å²) in [5.41, 5.74) is 0.0817. The van der Waals surface area contributed by atoms with Crippen molar-refractivity contribution in [2.75, 3.05) is 12.4 Å². The minimum Gasteiger partial charge on any atom is -0.492 e. The number of hydrogen-bond acceptors (Lipinski definition) is 2. The third kappa shape index (κ3) is 4.99. The van der Waals surface area contributed by atoms with Gasteiger partial charge in [0.05, 0.1) is 11.1 Å². The van der Waals surface area contributed by atoms with Gasteiger partial charge < -0.3 is 4.74 Å². The molecular weight excluding hydrogens is 327 g/mol. The van der Waals surface area contributed by atoms with Gasteiger partial charge >= 0.3 is 0 Å². The lowest BCUT2D eigenvalue weighted by molar-refractivity contribution is 0.142. The summed E-state index contributed by atoms with van der Waals surface area (Å²) >= 11 is 7.88. The van der Waals surface area contributed by atoms with Gasteiger partial charge in [0, 0.05) is 11.5 Å². The number of thiol groups is 1. The topological polar surface area (TPSA) is 9.23 Å². The summed E-state index contributed by atoms with van der Waals surface area (Å²) in [4.78, 5) is 0. The Morgan fingerprint density at radius 2 is 1.89 bits per heavy atom. The van der Waals surface area contributed by atoms with E-state index in [2.05, 4.69) is 42.4 Å². The summed E-state index contributed by atoms with van der Waals surface area (Å²) in [6, 6.07) is 4.51. The fourth-order valence-electron chi connectivity index (χ4n) is 2.35. The zero-order valence-electron chi connectivity index (χ0n) is 11.6. The number of benzene rings is 1. The van der Waals surface area contributed by atoms with Crippen molar-refractivity contribution >= 4 is 28.6 Å². The highest BCUT2D eigenvalue weighted by atomic mass is 79.9. The standard InChI is InChI=1S/C15H22BrFOS/c1-3-7-15(11-19,8-4-2)10-18-14-9-12(17)5-6-13(14)16/h5-6,9,19H,3-4,7-8,10-11H2,1-2H3. The van der Waals surface area contributed by atoms with Gasteiger partial charge in [-0.05, 0) is 46.7 Å². The smallest absolute Gasteiger partial charge is 0.136 e. The fourth-order valence-corrected chi connectivity index (χ4v) is 3.12. The van der Waals surface area contributed by atoms with E-state index >= 15 is 0 Å². The van der Waals surface area contributed by atoms with Gasteiger partial charge in [-0.2, -0.15) is 12.6 Å². The van der Waals surface area contributed by atoms with Crippen LogP contribution in [0.5, 0.6) is 5.75 Å². The van der Waals surface area contributed by atoms with Crippen molar-refractivity contribution in [1.82, 2.24) is 0 Å². The van der Waals surface area contributed by atoms with Crippen LogP contribution < -0.4 is 4.74 Å². The van der Waals surface area contributed by atoms with E-state index < -0.39 is 0 Å². The zero-order chi connectivity index (χ0) is 14.3. The first kappa shape index (κ1) is 16.8. The first-order valence-corrected chi connectivity index (χ1v) is 8.18. The molecule has 4 heteroatoms. The van der Waals surface area contributed by atoms with Crippen molar-refractivity contribution in [2.24, 2.45) is 5.41 Å². The Hall–Kier alpha value is -0.220. The summed E-state index contributed by atoms with van der Waals surface area (Å²) in [5.74, 6) is 1.08. The molecule has 0 saturated heterocycles. The Morgan fingerprint density at radius 1 is 1.26 bits per heavy atom. The maximum Gasteiger partial charge on any atom is 0.136 e. The Balaban J connectivity index is 2.77. The predicted octanol–water partition coefficient (Wildman–Crippen LogP) is 5.48. The zero-order valence-corrected chi connectivity index (χ0v) is 14.1. The van der Waals surface area contributed by atoms with Gasteiger partial charge in [0.15, 0.2) is 0 Å². The van der Waals surface area contributed by atoms with Crippen LogP contribution in [0, 0.1) is 11.2 Å². The third-order valence-electron chi connectivity index (χ3n) is 3.32. The molecule has 1 nitrogen and oxygen atoms in total. The van der Waals surface area contributed by atoms with Crippen LogP contribution in [-0.4, -0.2) is 12.4 Å². The van der Waals surface area contributed by atoms with Gasteiger partial charge in [-0.15, -0.1) is 0 Å². The Labute approximate surface area is 129 Å². The Kier molecular flexibility index (Phi) is 7.22. The van der Waals surface area contributed by atoms with E-state index in [0.717, 1.165) is 35.9 Å². The highest BCUT2D eigenvalue weighted by Crippen LogP contribution is 2.34. The predicted molar refractivity (Wildman–Crippen MR) is 85.7 cm³/mol. The third-order valence-corrected chi connectivity index (χ3v) is 4.65. The first-order valence-electron chi connectivity index (χ1n) is 6.75. The monoisotopic (exact) mass is 348 g/mol. The van der Waals surface area contributed by atoms with Gasteiger partial charge in [-0.3, -0.25) is 0 Å². The van der Waals surface area contributed by atoms with Crippen LogP contribution >= 0.6 is 28.6 Å². The molecule has 0 saturated carbocycles. The van der Waals surface area contributed by atoms with Gasteiger partial charge in [-0.1, -0.05) is 26.7 Å². The molecule has 0 atom stereocenters. The molecule has 0 bridgehead atoms. The van der Waals surface area contributed by atoms with Gasteiger partial charge in [0.25, 0.3) is 0 Å². The molecule has 0 aliphatic heterocycles. The molecule has 1 aromatic rings. The van der Waals surface area contributed by atoms with Crippen LogP contribution in [0.15, 0.2) is 22.7 Å². The molecule has 19 heavy (non-hydrogen) atoms. The van der Waals surface area contributed by atoms with E-state index in [4.69, 9.17) is 4.74 Å². The molecule has 0 aromatic heterocycles. The van der Waals surface area contributed by atoms with Gasteiger partial charge in [0.1, 0.15) is 11.6 Å². The molecule has 0 aliphatic rings. The second-order valence-electron chi connectivity index (χ2n) is 5.02. The van der Waals surface area contributed by atoms with E-state index in [-0.39, 0.29) is 11.2 Å². The second kappa shape index (κ2) is 8.15. The number of halogens is 2. The van der Waals surface area contributed by atoms with Gasteiger partial charge in [-0.25, -0.2) is 4.39 Å². The van der Waals surface area contributed by atoms with Crippen molar-refractivity contribution < 1.29 is 9.13 Å². The highest BCUT2D eigenvalue weighted by molar-refractivity contribution is 9.10. The van der Waals surface area contributed by atoms with Crippen molar-refractivity contribution in [2.45, 2.75) is 39.5 Å². The molecule has 0 spiro atoms. The molecule has 0 fully saturated rings. The molecule has 0 N–H and O–H groups in total. The van der Waals surface area contributed by atoms with Crippen molar-refractivity contribution in [3.63, 3.8) is 0 Å². The number of rotatable bonds is 8. The minimum atomic E-state index is -0.277. The molecule has 0 heterocycles. The van der Waals surface area contributed by atoms with E-state index in [9.17, 15) is 4.39 Å². The van der Waals surface area contributed by atoms with E-state index in [0.29, 0.717) is 12.4 Å². The summed E-state index contributed by atoms with van der Waals surface area (Å²) in [5, 5.41) is 0. The first-order chi connectivity index (χ1) is 9.06. The summed E-state index contributed by atoms with van der Waals surface area (Å²) in [6.07, 6.45) is 4.37. The lowest BCUT2D eigenvalue weighted by Crippen LogP contribution is -2.30. The van der Waals surface area contributed by atoms with Gasteiger partial charge in [0.2, 0.25) is 0 Å². The molecule has 1 rings (SSSR count). The van der Waals surface area contributed by atoms with Crippen molar-refractivity contribution in [1.29, 1.82) is 0 Å². The maximum atomic E-state index is 13.2. The molecular formula is C15H22BrFOS. The summed E-state index contributed by atoms with van der Waals surface area (Å²) in [6.45, 7) is 4.93. The molecule has 1 aromatic carbocycles. The summed E-state index contributed by atoms with van der Waals surface area (Å²) < 4.78 is 19.9. The average Bonchev–Trinajstić information content (AvgIpc) is 2.40. The molecule has 0 unspecified atom stereocenters. The van der Waals surface area contributed by atoms with Crippen LogP contribution in [0.4, 0.5) is 4.39 Å². The Morgan fingerprint density at radius 3 is 2.42 bits per heavy atom. The van der Waals surface area contributed by atoms with Crippen molar-refractivity contribution in [3.8, 4) is 5.75 Å². The fraction of sp³-hybridized carbons (Fsp3) is 0.600. The van der Waals surface area contributed by atoms with Crippen LogP contribution in [0.3, 0.4) is 0 Å². The molecule has 0 amide bonds. The Bertz CT molecular complexity index is 392. The lowest BCUT2D eigenvalue weighted by atomic mass is 9.82. The van der Waals surface area contributed by atoms with Crippen LogP contribution in [0.2, 0.25) is 0 Å². The largest absolute Gasteiger partial charge is 0.492 e. The van der Waals surface area contributed by atoms with Crippen molar-refractivity contribution in [3.05, 3.63) is 28.5 Å². The normalized spacial score (nSPS) is 11.6. The molecule has 0 aliphatic carbocycles. The lowest BCUT2D eigenvalue weighted by Gasteiger charge is -2.32. The van der Waals surface area contributed by atoms with Crippen LogP contribution in [0.1, 0.15) is 39.5 Å².